The summed E-state index contributed by atoms with van der Waals surface area (Å²) in [7, 11) is 0. The zero-order valence-corrected chi connectivity index (χ0v) is 14.4. The van der Waals surface area contributed by atoms with E-state index in [1.165, 1.54) is 5.56 Å². The molecule has 20 heavy (non-hydrogen) atoms. The Bertz CT molecular complexity index is 384. The molecule has 0 bridgehead atoms. The highest BCUT2D eigenvalue weighted by Gasteiger charge is 2.16. The molecule has 0 heterocycles. The molecule has 0 aliphatic heterocycles. The second-order valence-corrected chi connectivity index (χ2v) is 6.13. The second-order valence-electron chi connectivity index (χ2n) is 5.27. The molecule has 0 saturated heterocycles. The fourth-order valence-corrected chi connectivity index (χ4v) is 2.98. The normalized spacial score (nSPS) is 13.2. The average molecular weight is 343 g/mol. The topological polar surface area (TPSA) is 35.5 Å². The van der Waals surface area contributed by atoms with Crippen molar-refractivity contribution in [2.45, 2.75) is 39.3 Å². The molecule has 4 heteroatoms. The minimum atomic E-state index is 0.221. The van der Waals surface area contributed by atoms with Crippen LogP contribution in [0.2, 0.25) is 0 Å². The van der Waals surface area contributed by atoms with Gasteiger partial charge in [0.2, 0.25) is 0 Å². The van der Waals surface area contributed by atoms with Crippen LogP contribution in [-0.2, 0) is 0 Å². The lowest BCUT2D eigenvalue weighted by molar-refractivity contribution is 0.159. The number of hydrogen-bond donors (Lipinski definition) is 2. The fourth-order valence-electron chi connectivity index (χ4n) is 2.42. The highest BCUT2D eigenvalue weighted by molar-refractivity contribution is 9.10. The molecule has 0 fully saturated rings. The van der Waals surface area contributed by atoms with Crippen LogP contribution in [0.4, 0.5) is 0 Å². The summed E-state index contributed by atoms with van der Waals surface area (Å²) in [5, 5.41) is 12.7. The van der Waals surface area contributed by atoms with E-state index in [1.807, 2.05) is 6.07 Å². The fraction of sp³-hybridized carbons (Fsp3) is 0.625. The van der Waals surface area contributed by atoms with Crippen LogP contribution in [0.1, 0.15) is 38.8 Å². The lowest BCUT2D eigenvalue weighted by Gasteiger charge is -2.28. The van der Waals surface area contributed by atoms with Crippen molar-refractivity contribution in [2.24, 2.45) is 0 Å². The van der Waals surface area contributed by atoms with Gasteiger partial charge in [-0.1, -0.05) is 41.1 Å². The molecule has 0 amide bonds. The second kappa shape index (κ2) is 9.50. The molecule has 1 rings (SSSR count). The molecule has 1 aromatic rings. The van der Waals surface area contributed by atoms with Crippen molar-refractivity contribution in [3.05, 3.63) is 34.3 Å². The molecule has 1 atom stereocenters. The van der Waals surface area contributed by atoms with Gasteiger partial charge in [0.05, 0.1) is 6.61 Å². The van der Waals surface area contributed by atoms with Crippen LogP contribution in [0.15, 0.2) is 28.7 Å². The SMILES string of the molecule is CCNC(CCN(CCO)C(C)C)c1ccccc1Br. The third kappa shape index (κ3) is 5.52. The number of hydrogen-bond acceptors (Lipinski definition) is 3. The number of aliphatic hydroxyl groups excluding tert-OH is 1. The molecule has 0 radical (unpaired) electrons. The van der Waals surface area contributed by atoms with E-state index in [4.69, 9.17) is 5.11 Å². The Morgan fingerprint density at radius 3 is 2.50 bits per heavy atom. The maximum atomic E-state index is 9.15. The van der Waals surface area contributed by atoms with Gasteiger partial charge in [-0.2, -0.15) is 0 Å². The predicted octanol–water partition coefficient (Wildman–Crippen LogP) is 3.19. The minimum absolute atomic E-state index is 0.221. The van der Waals surface area contributed by atoms with Crippen molar-refractivity contribution in [2.75, 3.05) is 26.2 Å². The van der Waals surface area contributed by atoms with E-state index in [2.05, 4.69) is 65.1 Å². The predicted molar refractivity (Wildman–Crippen MR) is 89.0 cm³/mol. The number of rotatable bonds is 9. The van der Waals surface area contributed by atoms with Gasteiger partial charge in [-0.25, -0.2) is 0 Å². The van der Waals surface area contributed by atoms with Crippen molar-refractivity contribution in [1.29, 1.82) is 0 Å². The number of benzene rings is 1. The standard InChI is InChI=1S/C16H27BrN2O/c1-4-18-16(14-7-5-6-8-15(14)17)9-10-19(11-12-20)13(2)3/h5-8,13,16,18,20H,4,9-12H2,1-3H3. The lowest BCUT2D eigenvalue weighted by atomic mass is 10.0. The third-order valence-corrected chi connectivity index (χ3v) is 4.28. The highest BCUT2D eigenvalue weighted by atomic mass is 79.9. The number of nitrogens with one attached hydrogen (secondary N) is 1. The maximum Gasteiger partial charge on any atom is 0.0558 e. The first-order valence-corrected chi connectivity index (χ1v) is 8.22. The summed E-state index contributed by atoms with van der Waals surface area (Å²) in [5.74, 6) is 0. The zero-order chi connectivity index (χ0) is 15.0. The van der Waals surface area contributed by atoms with Crippen LogP contribution < -0.4 is 5.32 Å². The largest absolute Gasteiger partial charge is 0.395 e. The first-order chi connectivity index (χ1) is 9.60. The summed E-state index contributed by atoms with van der Waals surface area (Å²) in [6.45, 7) is 9.39. The van der Waals surface area contributed by atoms with Gasteiger partial charge in [0.15, 0.2) is 0 Å². The molecular formula is C16H27BrN2O. The van der Waals surface area contributed by atoms with Crippen molar-refractivity contribution in [1.82, 2.24) is 10.2 Å². The van der Waals surface area contributed by atoms with Crippen molar-refractivity contribution < 1.29 is 5.11 Å². The Hall–Kier alpha value is -0.420. The van der Waals surface area contributed by atoms with E-state index in [9.17, 15) is 0 Å². The van der Waals surface area contributed by atoms with E-state index in [1.54, 1.807) is 0 Å². The summed E-state index contributed by atoms with van der Waals surface area (Å²) in [5.41, 5.74) is 1.31. The smallest absolute Gasteiger partial charge is 0.0558 e. The third-order valence-electron chi connectivity index (χ3n) is 3.55. The van der Waals surface area contributed by atoms with Crippen LogP contribution in [-0.4, -0.2) is 42.3 Å². The molecule has 0 spiro atoms. The van der Waals surface area contributed by atoms with Gasteiger partial charge in [0.1, 0.15) is 0 Å². The van der Waals surface area contributed by atoms with Crippen molar-refractivity contribution >= 4 is 15.9 Å². The van der Waals surface area contributed by atoms with E-state index >= 15 is 0 Å². The summed E-state index contributed by atoms with van der Waals surface area (Å²) < 4.78 is 1.16. The molecular weight excluding hydrogens is 316 g/mol. The quantitative estimate of drug-likeness (QED) is 0.723. The Morgan fingerprint density at radius 2 is 1.95 bits per heavy atom. The van der Waals surface area contributed by atoms with Crippen LogP contribution in [0, 0.1) is 0 Å². The Balaban J connectivity index is 2.70. The molecule has 0 saturated carbocycles. The van der Waals surface area contributed by atoms with Gasteiger partial charge in [0.25, 0.3) is 0 Å². The lowest BCUT2D eigenvalue weighted by Crippen LogP contribution is -2.36. The molecule has 2 N–H and O–H groups in total. The molecule has 3 nitrogen and oxygen atoms in total. The van der Waals surface area contributed by atoms with Crippen LogP contribution in [0.25, 0.3) is 0 Å². The number of aliphatic hydroxyl groups is 1. The molecule has 114 valence electrons. The van der Waals surface area contributed by atoms with Gasteiger partial charge in [-0.15, -0.1) is 0 Å². The Morgan fingerprint density at radius 1 is 1.25 bits per heavy atom. The van der Waals surface area contributed by atoms with Crippen LogP contribution in [0.5, 0.6) is 0 Å². The summed E-state index contributed by atoms with van der Waals surface area (Å²) in [4.78, 5) is 2.32. The van der Waals surface area contributed by atoms with E-state index < -0.39 is 0 Å². The van der Waals surface area contributed by atoms with Gasteiger partial charge >= 0.3 is 0 Å². The first kappa shape index (κ1) is 17.6. The van der Waals surface area contributed by atoms with E-state index in [-0.39, 0.29) is 6.61 Å². The Labute approximate surface area is 131 Å². The summed E-state index contributed by atoms with van der Waals surface area (Å²) in [6.07, 6.45) is 1.04. The molecule has 0 aliphatic rings. The van der Waals surface area contributed by atoms with E-state index in [0.29, 0.717) is 12.1 Å². The maximum absolute atomic E-state index is 9.15. The van der Waals surface area contributed by atoms with Crippen molar-refractivity contribution in [3.63, 3.8) is 0 Å². The zero-order valence-electron chi connectivity index (χ0n) is 12.8. The van der Waals surface area contributed by atoms with E-state index in [0.717, 1.165) is 30.5 Å². The van der Waals surface area contributed by atoms with Gasteiger partial charge in [-0.05, 0) is 38.4 Å². The van der Waals surface area contributed by atoms with Crippen molar-refractivity contribution in [3.8, 4) is 0 Å². The molecule has 1 aromatic carbocycles. The summed E-state index contributed by atoms with van der Waals surface area (Å²) >= 11 is 3.64. The minimum Gasteiger partial charge on any atom is -0.395 e. The summed E-state index contributed by atoms with van der Waals surface area (Å²) in [6, 6.07) is 9.19. The average Bonchev–Trinajstić information content (AvgIpc) is 2.42. The Kier molecular flexibility index (Phi) is 8.38. The molecule has 0 aromatic heterocycles. The van der Waals surface area contributed by atoms with Gasteiger partial charge in [-0.3, -0.25) is 4.90 Å². The van der Waals surface area contributed by atoms with Crippen LogP contribution >= 0.6 is 15.9 Å². The number of nitrogens with zero attached hydrogens (tertiary/aromatic N) is 1. The molecule has 0 aliphatic carbocycles. The van der Waals surface area contributed by atoms with Crippen LogP contribution in [0.3, 0.4) is 0 Å². The van der Waals surface area contributed by atoms with Gasteiger partial charge in [0, 0.05) is 29.6 Å². The van der Waals surface area contributed by atoms with Gasteiger partial charge < -0.3 is 10.4 Å². The number of halogens is 1. The highest BCUT2D eigenvalue weighted by Crippen LogP contribution is 2.25. The monoisotopic (exact) mass is 342 g/mol. The molecule has 1 unspecified atom stereocenters. The first-order valence-electron chi connectivity index (χ1n) is 7.42.